The SMILES string of the molecule is O=C(N1CCCCCC1c1nc(-c2cccnc2)no1)C1(c2ccccc2)CC1. The first-order chi connectivity index (χ1) is 14.3. The van der Waals surface area contributed by atoms with E-state index >= 15 is 0 Å². The van der Waals surface area contributed by atoms with E-state index in [0.29, 0.717) is 11.7 Å². The van der Waals surface area contributed by atoms with Crippen LogP contribution in [0.25, 0.3) is 11.4 Å². The maximum atomic E-state index is 13.7. The van der Waals surface area contributed by atoms with Crippen molar-refractivity contribution < 1.29 is 9.32 Å². The topological polar surface area (TPSA) is 72.1 Å². The van der Waals surface area contributed by atoms with Crippen LogP contribution in [0.5, 0.6) is 0 Å². The second kappa shape index (κ2) is 7.43. The molecule has 0 N–H and O–H groups in total. The molecule has 6 heteroatoms. The number of amides is 1. The third kappa shape index (κ3) is 3.33. The minimum absolute atomic E-state index is 0.163. The van der Waals surface area contributed by atoms with Crippen molar-refractivity contribution in [3.8, 4) is 11.4 Å². The minimum Gasteiger partial charge on any atom is -0.337 e. The summed E-state index contributed by atoms with van der Waals surface area (Å²) in [5.74, 6) is 1.26. The lowest BCUT2D eigenvalue weighted by Gasteiger charge is -2.31. The van der Waals surface area contributed by atoms with Crippen molar-refractivity contribution >= 4 is 5.91 Å². The predicted octanol–water partition coefficient (Wildman–Crippen LogP) is 4.31. The molecule has 2 aliphatic rings. The van der Waals surface area contributed by atoms with Gasteiger partial charge in [0.05, 0.1) is 5.41 Å². The van der Waals surface area contributed by atoms with E-state index in [0.717, 1.165) is 56.2 Å². The highest BCUT2D eigenvalue weighted by atomic mass is 16.5. The van der Waals surface area contributed by atoms with E-state index in [1.54, 1.807) is 12.4 Å². The highest BCUT2D eigenvalue weighted by Crippen LogP contribution is 2.51. The Labute approximate surface area is 170 Å². The summed E-state index contributed by atoms with van der Waals surface area (Å²) in [4.78, 5) is 24.5. The van der Waals surface area contributed by atoms with Gasteiger partial charge in [0.1, 0.15) is 6.04 Å². The molecule has 0 bridgehead atoms. The van der Waals surface area contributed by atoms with Crippen LogP contribution < -0.4 is 0 Å². The Bertz CT molecular complexity index is 982. The zero-order valence-corrected chi connectivity index (χ0v) is 16.3. The summed E-state index contributed by atoms with van der Waals surface area (Å²) < 4.78 is 5.65. The van der Waals surface area contributed by atoms with Gasteiger partial charge in [-0.1, -0.05) is 48.3 Å². The number of likely N-dealkylation sites (tertiary alicyclic amines) is 1. The smallest absolute Gasteiger partial charge is 0.249 e. The molecule has 1 saturated heterocycles. The van der Waals surface area contributed by atoms with E-state index < -0.39 is 0 Å². The maximum absolute atomic E-state index is 13.7. The van der Waals surface area contributed by atoms with Crippen LogP contribution in [0.15, 0.2) is 59.4 Å². The van der Waals surface area contributed by atoms with Gasteiger partial charge in [-0.25, -0.2) is 0 Å². The highest BCUT2D eigenvalue weighted by molar-refractivity contribution is 5.91. The van der Waals surface area contributed by atoms with Crippen molar-refractivity contribution in [2.75, 3.05) is 6.54 Å². The van der Waals surface area contributed by atoms with Crippen LogP contribution in [-0.2, 0) is 10.2 Å². The van der Waals surface area contributed by atoms with Crippen molar-refractivity contribution in [2.24, 2.45) is 0 Å². The van der Waals surface area contributed by atoms with Crippen molar-refractivity contribution in [3.63, 3.8) is 0 Å². The van der Waals surface area contributed by atoms with Gasteiger partial charge in [-0.2, -0.15) is 4.98 Å². The zero-order valence-electron chi connectivity index (χ0n) is 16.3. The Morgan fingerprint density at radius 3 is 2.69 bits per heavy atom. The van der Waals surface area contributed by atoms with Crippen molar-refractivity contribution in [1.29, 1.82) is 0 Å². The van der Waals surface area contributed by atoms with E-state index in [4.69, 9.17) is 4.52 Å². The quantitative estimate of drug-likeness (QED) is 0.666. The van der Waals surface area contributed by atoms with Crippen LogP contribution in [0.2, 0.25) is 0 Å². The summed E-state index contributed by atoms with van der Waals surface area (Å²) in [7, 11) is 0. The average molecular weight is 388 g/mol. The Morgan fingerprint density at radius 1 is 1.07 bits per heavy atom. The molecule has 0 spiro atoms. The first kappa shape index (κ1) is 18.0. The zero-order chi connectivity index (χ0) is 19.7. The fourth-order valence-electron chi connectivity index (χ4n) is 4.37. The second-order valence-corrected chi connectivity index (χ2v) is 8.01. The maximum Gasteiger partial charge on any atom is 0.249 e. The molecule has 29 heavy (non-hydrogen) atoms. The molecule has 2 aromatic heterocycles. The lowest BCUT2D eigenvalue weighted by atomic mass is 9.93. The van der Waals surface area contributed by atoms with Crippen LogP contribution >= 0.6 is 0 Å². The van der Waals surface area contributed by atoms with Crippen LogP contribution in [0.1, 0.15) is 56.0 Å². The fourth-order valence-corrected chi connectivity index (χ4v) is 4.37. The van der Waals surface area contributed by atoms with Gasteiger partial charge in [0.15, 0.2) is 0 Å². The molecule has 1 aromatic carbocycles. The van der Waals surface area contributed by atoms with Gasteiger partial charge in [0.2, 0.25) is 17.6 Å². The van der Waals surface area contributed by atoms with Gasteiger partial charge in [-0.05, 0) is 43.4 Å². The fraction of sp³-hybridized carbons (Fsp3) is 0.391. The summed E-state index contributed by atoms with van der Waals surface area (Å²) >= 11 is 0. The Balaban J connectivity index is 1.46. The van der Waals surface area contributed by atoms with Gasteiger partial charge in [-0.3, -0.25) is 9.78 Å². The normalized spacial score (nSPS) is 20.8. The largest absolute Gasteiger partial charge is 0.337 e. The Hall–Kier alpha value is -3.02. The molecule has 1 aliphatic carbocycles. The minimum atomic E-state index is -0.379. The monoisotopic (exact) mass is 388 g/mol. The van der Waals surface area contributed by atoms with Crippen molar-refractivity contribution in [1.82, 2.24) is 20.0 Å². The van der Waals surface area contributed by atoms with Crippen molar-refractivity contribution in [3.05, 3.63) is 66.3 Å². The Kier molecular flexibility index (Phi) is 4.62. The van der Waals surface area contributed by atoms with Crippen molar-refractivity contribution in [2.45, 2.75) is 50.0 Å². The van der Waals surface area contributed by atoms with Gasteiger partial charge >= 0.3 is 0 Å². The summed E-state index contributed by atoms with van der Waals surface area (Å²) in [5, 5.41) is 4.16. The van der Waals surface area contributed by atoms with Crippen LogP contribution in [0.3, 0.4) is 0 Å². The number of benzene rings is 1. The molecule has 1 aliphatic heterocycles. The molecule has 1 saturated carbocycles. The first-order valence-corrected chi connectivity index (χ1v) is 10.4. The molecule has 1 atom stereocenters. The molecule has 148 valence electrons. The average Bonchev–Trinajstić information content (AvgIpc) is 3.51. The molecule has 6 nitrogen and oxygen atoms in total. The number of hydrogen-bond donors (Lipinski definition) is 0. The predicted molar refractivity (Wildman–Crippen MR) is 108 cm³/mol. The van der Waals surface area contributed by atoms with Gasteiger partial charge in [0, 0.05) is 24.5 Å². The van der Waals surface area contributed by atoms with Crippen LogP contribution in [0, 0.1) is 0 Å². The van der Waals surface area contributed by atoms with E-state index in [1.807, 2.05) is 35.2 Å². The third-order valence-corrected chi connectivity index (χ3v) is 6.15. The Morgan fingerprint density at radius 2 is 1.93 bits per heavy atom. The molecular weight excluding hydrogens is 364 g/mol. The standard InChI is InChI=1S/C23H24N4O2/c28-22(23(12-13-23)18-9-3-1-4-10-18)27-15-6-2-5-11-19(27)21-25-20(26-29-21)17-8-7-14-24-16-17/h1,3-4,7-10,14,16,19H,2,5-6,11-13,15H2. The van der Waals surface area contributed by atoms with Gasteiger partial charge < -0.3 is 9.42 Å². The molecular formula is C23H24N4O2. The molecule has 2 fully saturated rings. The number of rotatable bonds is 4. The molecule has 1 amide bonds. The number of carbonyl (C=O) groups is 1. The number of aromatic nitrogens is 3. The molecule has 1 unspecified atom stereocenters. The van der Waals surface area contributed by atoms with Crippen LogP contribution in [-0.4, -0.2) is 32.5 Å². The number of carbonyl (C=O) groups excluding carboxylic acids is 1. The first-order valence-electron chi connectivity index (χ1n) is 10.4. The lowest BCUT2D eigenvalue weighted by Crippen LogP contribution is -2.41. The summed E-state index contributed by atoms with van der Waals surface area (Å²) in [6.07, 6.45) is 9.28. The second-order valence-electron chi connectivity index (χ2n) is 8.01. The van der Waals surface area contributed by atoms with Gasteiger partial charge in [-0.15, -0.1) is 0 Å². The molecule has 3 aromatic rings. The van der Waals surface area contributed by atoms with E-state index in [9.17, 15) is 4.79 Å². The number of nitrogens with zero attached hydrogens (tertiary/aromatic N) is 4. The summed E-state index contributed by atoms with van der Waals surface area (Å²) in [5.41, 5.74) is 1.56. The molecule has 0 radical (unpaired) electrons. The third-order valence-electron chi connectivity index (χ3n) is 6.15. The van der Waals surface area contributed by atoms with E-state index in [2.05, 4.69) is 27.3 Å². The highest BCUT2D eigenvalue weighted by Gasteiger charge is 2.54. The number of hydrogen-bond acceptors (Lipinski definition) is 5. The molecule has 3 heterocycles. The molecule has 5 rings (SSSR count). The number of pyridine rings is 1. The summed E-state index contributed by atoms with van der Waals surface area (Å²) in [6.45, 7) is 0.739. The van der Waals surface area contributed by atoms with E-state index in [-0.39, 0.29) is 17.4 Å². The summed E-state index contributed by atoms with van der Waals surface area (Å²) in [6, 6.07) is 13.8. The lowest BCUT2D eigenvalue weighted by molar-refractivity contribution is -0.137. The van der Waals surface area contributed by atoms with Crippen LogP contribution in [0.4, 0.5) is 0 Å². The van der Waals surface area contributed by atoms with Gasteiger partial charge in [0.25, 0.3) is 0 Å². The van der Waals surface area contributed by atoms with E-state index in [1.165, 1.54) is 0 Å².